The van der Waals surface area contributed by atoms with Crippen molar-refractivity contribution >= 4 is 11.0 Å². The van der Waals surface area contributed by atoms with E-state index in [4.69, 9.17) is 0 Å². The number of hydrogen-bond donors (Lipinski definition) is 2. The Balaban J connectivity index is 0.00000225. The Morgan fingerprint density at radius 1 is 1.08 bits per heavy atom. The van der Waals surface area contributed by atoms with Gasteiger partial charge in [-0.05, 0) is 44.5 Å². The Bertz CT molecular complexity index is 871. The van der Waals surface area contributed by atoms with Crippen molar-refractivity contribution in [3.05, 3.63) is 41.5 Å². The number of benzene rings is 2. The lowest BCUT2D eigenvalue weighted by Gasteiger charge is -2.32. The molecule has 0 aliphatic rings. The summed E-state index contributed by atoms with van der Waals surface area (Å²) < 4.78 is 0.893. The molecule has 0 atom stereocenters. The molecule has 0 aliphatic carbocycles. The van der Waals surface area contributed by atoms with E-state index in [0.29, 0.717) is 5.75 Å². The van der Waals surface area contributed by atoms with Gasteiger partial charge in [0, 0.05) is 16.7 Å². The molecule has 0 amide bonds. The predicted molar refractivity (Wildman–Crippen MR) is 96.7 cm³/mol. The fourth-order valence-electron chi connectivity index (χ4n) is 3.12. The number of halogens is 1. The van der Waals surface area contributed by atoms with Gasteiger partial charge >= 0.3 is 0 Å². The predicted octanol–water partition coefficient (Wildman–Crippen LogP) is 0.629. The van der Waals surface area contributed by atoms with Crippen LogP contribution in [0, 0.1) is 6.92 Å². The summed E-state index contributed by atoms with van der Waals surface area (Å²) in [6, 6.07) is 9.95. The van der Waals surface area contributed by atoms with Crippen LogP contribution in [0.3, 0.4) is 0 Å². The van der Waals surface area contributed by atoms with E-state index in [2.05, 4.69) is 49.3 Å². The molecule has 0 unspecified atom stereocenters. The van der Waals surface area contributed by atoms with Crippen LogP contribution in [0.2, 0.25) is 0 Å². The van der Waals surface area contributed by atoms with Crippen LogP contribution in [0.5, 0.6) is 5.75 Å². The Morgan fingerprint density at radius 2 is 1.80 bits per heavy atom. The summed E-state index contributed by atoms with van der Waals surface area (Å²) in [5.74, 6) is 0.349. The van der Waals surface area contributed by atoms with Gasteiger partial charge in [0.2, 0.25) is 0 Å². The van der Waals surface area contributed by atoms with Gasteiger partial charge in [-0.15, -0.1) is 0 Å². The highest BCUT2D eigenvalue weighted by molar-refractivity contribution is 5.93. The van der Waals surface area contributed by atoms with Crippen LogP contribution in [-0.2, 0) is 6.54 Å². The number of fused-ring (bicyclic) bond motifs is 1. The second kappa shape index (κ2) is 7.70. The fraction of sp³-hybridized carbons (Fsp3) is 0.368. The first kappa shape index (κ1) is 19.7. The summed E-state index contributed by atoms with van der Waals surface area (Å²) in [5, 5.41) is 22.0. The highest BCUT2D eigenvalue weighted by atomic mass is 127. The van der Waals surface area contributed by atoms with Crippen LogP contribution in [-0.4, -0.2) is 45.1 Å². The van der Waals surface area contributed by atoms with E-state index in [1.807, 2.05) is 24.3 Å². The summed E-state index contributed by atoms with van der Waals surface area (Å²) in [7, 11) is 2.22. The number of hydrogen-bond acceptors (Lipinski definition) is 3. The van der Waals surface area contributed by atoms with Gasteiger partial charge in [-0.25, -0.2) is 0 Å². The number of quaternary nitrogens is 1. The molecule has 2 N–H and O–H groups in total. The maximum atomic E-state index is 10.9. The second-order valence-electron chi connectivity index (χ2n) is 6.73. The molecule has 0 aliphatic heterocycles. The molecule has 3 aromatic rings. The van der Waals surface area contributed by atoms with Crippen molar-refractivity contribution in [2.75, 3.05) is 20.1 Å². The van der Waals surface area contributed by atoms with Crippen molar-refractivity contribution in [3.8, 4) is 16.9 Å². The average molecular weight is 452 g/mol. The lowest BCUT2D eigenvalue weighted by atomic mass is 9.97. The third kappa shape index (κ3) is 3.79. The quantitative estimate of drug-likeness (QED) is 0.441. The first-order valence-corrected chi connectivity index (χ1v) is 8.43. The minimum absolute atomic E-state index is 0. The molecule has 0 radical (unpaired) electrons. The van der Waals surface area contributed by atoms with E-state index in [1.54, 1.807) is 0 Å². The maximum absolute atomic E-state index is 10.9. The number of aromatic nitrogens is 3. The van der Waals surface area contributed by atoms with Crippen LogP contribution in [0.15, 0.2) is 30.3 Å². The van der Waals surface area contributed by atoms with Gasteiger partial charge in [-0.3, -0.25) is 0 Å². The molecular formula is C19H25IN4O. The zero-order chi connectivity index (χ0) is 17.3. The Hall–Kier alpha value is -1.67. The van der Waals surface area contributed by atoms with Crippen molar-refractivity contribution in [2.24, 2.45) is 0 Å². The first-order chi connectivity index (χ1) is 11.5. The topological polar surface area (TPSA) is 61.8 Å². The highest BCUT2D eigenvalue weighted by Crippen LogP contribution is 2.37. The molecule has 6 heteroatoms. The zero-order valence-corrected chi connectivity index (χ0v) is 17.3. The second-order valence-corrected chi connectivity index (χ2v) is 6.73. The molecule has 0 saturated heterocycles. The van der Waals surface area contributed by atoms with Crippen LogP contribution < -0.4 is 24.0 Å². The normalized spacial score (nSPS) is 11.5. The monoisotopic (exact) mass is 452 g/mol. The molecular weight excluding hydrogens is 427 g/mol. The van der Waals surface area contributed by atoms with Crippen molar-refractivity contribution in [2.45, 2.75) is 27.3 Å². The SMILES string of the molecule is CC[N+](C)(CC)Cc1cc(C)cc(-c2cccc3n[nH]nc23)c1O.[I-]. The van der Waals surface area contributed by atoms with Gasteiger partial charge in [0.1, 0.15) is 23.3 Å². The number of phenolic OH excluding ortho intramolecular Hbond substituents is 1. The molecule has 0 spiro atoms. The van der Waals surface area contributed by atoms with Crippen LogP contribution in [0.4, 0.5) is 0 Å². The van der Waals surface area contributed by atoms with Crippen molar-refractivity contribution in [1.82, 2.24) is 15.4 Å². The third-order valence-corrected chi connectivity index (χ3v) is 5.05. The van der Waals surface area contributed by atoms with E-state index in [9.17, 15) is 5.11 Å². The molecule has 1 aromatic heterocycles. The summed E-state index contributed by atoms with van der Waals surface area (Å²) in [6.45, 7) is 9.30. The zero-order valence-electron chi connectivity index (χ0n) is 15.2. The third-order valence-electron chi connectivity index (χ3n) is 5.05. The van der Waals surface area contributed by atoms with Crippen LogP contribution >= 0.6 is 0 Å². The van der Waals surface area contributed by atoms with Gasteiger partial charge in [0.05, 0.1) is 20.1 Å². The molecule has 3 rings (SSSR count). The van der Waals surface area contributed by atoms with Crippen LogP contribution in [0.1, 0.15) is 25.0 Å². The van der Waals surface area contributed by atoms with Crippen molar-refractivity contribution < 1.29 is 33.6 Å². The number of nitrogens with one attached hydrogen (secondary N) is 1. The molecule has 134 valence electrons. The summed E-state index contributed by atoms with van der Waals surface area (Å²) in [6.07, 6.45) is 0. The molecule has 2 aromatic carbocycles. The van der Waals surface area contributed by atoms with E-state index < -0.39 is 0 Å². The van der Waals surface area contributed by atoms with Crippen molar-refractivity contribution in [1.29, 1.82) is 0 Å². The smallest absolute Gasteiger partial charge is 0.132 e. The molecule has 0 fully saturated rings. The lowest BCUT2D eigenvalue weighted by molar-refractivity contribution is -0.919. The molecule has 5 nitrogen and oxygen atoms in total. The largest absolute Gasteiger partial charge is 1.00 e. The minimum Gasteiger partial charge on any atom is -1.00 e. The van der Waals surface area contributed by atoms with Gasteiger partial charge in [0.15, 0.2) is 0 Å². The maximum Gasteiger partial charge on any atom is 0.132 e. The minimum atomic E-state index is 0. The number of aromatic hydroxyl groups is 1. The number of rotatable bonds is 5. The lowest BCUT2D eigenvalue weighted by Crippen LogP contribution is -3.00. The molecule has 1 heterocycles. The fourth-order valence-corrected chi connectivity index (χ4v) is 3.12. The number of phenols is 1. The first-order valence-electron chi connectivity index (χ1n) is 8.43. The van der Waals surface area contributed by atoms with Gasteiger partial charge in [-0.1, -0.05) is 12.1 Å². The number of para-hydroxylation sites is 1. The Labute approximate surface area is 165 Å². The molecule has 0 bridgehead atoms. The standard InChI is InChI=1S/C19H24N4O.HI/c1-5-23(4,6-2)12-14-10-13(3)11-16(19(14)24)15-8-7-9-17-18(15)21-22-20-17;/h7-11H,5-6,12H2,1-4H3,(H-,20,21,22,24);1H. The molecule has 25 heavy (non-hydrogen) atoms. The number of aromatic amines is 1. The summed E-state index contributed by atoms with van der Waals surface area (Å²) in [4.78, 5) is 0. The van der Waals surface area contributed by atoms with E-state index >= 15 is 0 Å². The summed E-state index contributed by atoms with van der Waals surface area (Å²) in [5.41, 5.74) is 5.44. The average Bonchev–Trinajstić information content (AvgIpc) is 3.06. The summed E-state index contributed by atoms with van der Waals surface area (Å²) >= 11 is 0. The van der Waals surface area contributed by atoms with E-state index in [1.165, 1.54) is 0 Å². The van der Waals surface area contributed by atoms with Gasteiger partial charge in [0.25, 0.3) is 0 Å². The van der Waals surface area contributed by atoms with Gasteiger partial charge in [-0.2, -0.15) is 15.4 Å². The highest BCUT2D eigenvalue weighted by Gasteiger charge is 2.22. The van der Waals surface area contributed by atoms with E-state index in [0.717, 1.165) is 57.4 Å². The number of nitrogens with zero attached hydrogens (tertiary/aromatic N) is 3. The van der Waals surface area contributed by atoms with E-state index in [-0.39, 0.29) is 24.0 Å². The Kier molecular flexibility index (Phi) is 6.05. The molecule has 0 saturated carbocycles. The Morgan fingerprint density at radius 3 is 2.48 bits per heavy atom. The van der Waals surface area contributed by atoms with Crippen molar-refractivity contribution in [3.63, 3.8) is 0 Å². The number of H-pyrrole nitrogens is 1. The van der Waals surface area contributed by atoms with Gasteiger partial charge < -0.3 is 33.6 Å². The number of aryl methyl sites for hydroxylation is 1. The van der Waals surface area contributed by atoms with Crippen LogP contribution in [0.25, 0.3) is 22.2 Å².